The van der Waals surface area contributed by atoms with Crippen molar-refractivity contribution in [1.29, 1.82) is 0 Å². The molecule has 0 spiro atoms. The summed E-state index contributed by atoms with van der Waals surface area (Å²) in [5.41, 5.74) is 0.748. The molecule has 2 aromatic rings. The highest BCUT2D eigenvalue weighted by atomic mass is 16.5. The molecule has 6 heteroatoms. The van der Waals surface area contributed by atoms with Crippen molar-refractivity contribution in [3.63, 3.8) is 0 Å². The summed E-state index contributed by atoms with van der Waals surface area (Å²) < 4.78 is 11.3. The van der Waals surface area contributed by atoms with Gasteiger partial charge in [-0.3, -0.25) is 0 Å². The summed E-state index contributed by atoms with van der Waals surface area (Å²) >= 11 is 0. The number of carbonyl (C=O) groups excluding carboxylic acids is 1. The first-order valence-electron chi connectivity index (χ1n) is 9.11. The number of amides is 2. The maximum Gasteiger partial charge on any atom is 0.319 e. The standard InChI is InChI=1S/C20H25N3O3/c1-2-25-17-10-6-15(7-11-17)22-20(24)23-16-8-12-18(13-9-16)26-19-5-3-4-14-21-19/h3-7,10-11,14,16,18H,2,8-9,12-13H2,1H3,(H2,22,23,24). The van der Waals surface area contributed by atoms with Crippen LogP contribution in [0.4, 0.5) is 10.5 Å². The summed E-state index contributed by atoms with van der Waals surface area (Å²) in [5, 5.41) is 5.90. The van der Waals surface area contributed by atoms with Gasteiger partial charge < -0.3 is 20.1 Å². The fraction of sp³-hybridized carbons (Fsp3) is 0.400. The predicted octanol–water partition coefficient (Wildman–Crippen LogP) is 3.99. The Labute approximate surface area is 153 Å². The molecule has 138 valence electrons. The minimum atomic E-state index is -0.178. The normalized spacial score (nSPS) is 19.4. The molecule has 26 heavy (non-hydrogen) atoms. The molecule has 1 saturated carbocycles. The van der Waals surface area contributed by atoms with Gasteiger partial charge in [-0.25, -0.2) is 9.78 Å². The molecule has 1 aromatic carbocycles. The van der Waals surface area contributed by atoms with Gasteiger partial charge in [0.15, 0.2) is 0 Å². The first-order chi connectivity index (χ1) is 12.7. The van der Waals surface area contributed by atoms with Crippen LogP contribution in [-0.4, -0.2) is 29.8 Å². The third-order valence-corrected chi connectivity index (χ3v) is 4.36. The molecular formula is C20H25N3O3. The van der Waals surface area contributed by atoms with E-state index >= 15 is 0 Å². The van der Waals surface area contributed by atoms with Crippen LogP contribution in [-0.2, 0) is 0 Å². The third kappa shape index (κ3) is 5.37. The van der Waals surface area contributed by atoms with Crippen LogP contribution >= 0.6 is 0 Å². The van der Waals surface area contributed by atoms with Crippen molar-refractivity contribution in [3.8, 4) is 11.6 Å². The number of rotatable bonds is 6. The van der Waals surface area contributed by atoms with E-state index in [1.54, 1.807) is 6.20 Å². The molecule has 0 bridgehead atoms. The Balaban J connectivity index is 1.40. The third-order valence-electron chi connectivity index (χ3n) is 4.36. The Kier molecular flexibility index (Phi) is 6.30. The average Bonchev–Trinajstić information content (AvgIpc) is 2.66. The van der Waals surface area contributed by atoms with E-state index in [9.17, 15) is 4.79 Å². The molecule has 6 nitrogen and oxygen atoms in total. The van der Waals surface area contributed by atoms with Gasteiger partial charge >= 0.3 is 6.03 Å². The smallest absolute Gasteiger partial charge is 0.319 e. The topological polar surface area (TPSA) is 72.5 Å². The monoisotopic (exact) mass is 355 g/mol. The molecule has 1 aliphatic carbocycles. The van der Waals surface area contributed by atoms with Crippen molar-refractivity contribution in [2.45, 2.75) is 44.8 Å². The van der Waals surface area contributed by atoms with Gasteiger partial charge in [-0.1, -0.05) is 6.07 Å². The number of ether oxygens (including phenoxy) is 2. The number of hydrogen-bond donors (Lipinski definition) is 2. The zero-order valence-corrected chi connectivity index (χ0v) is 15.0. The van der Waals surface area contributed by atoms with E-state index in [0.717, 1.165) is 37.1 Å². The quantitative estimate of drug-likeness (QED) is 0.822. The summed E-state index contributed by atoms with van der Waals surface area (Å²) in [4.78, 5) is 16.4. The maximum atomic E-state index is 12.2. The number of anilines is 1. The zero-order chi connectivity index (χ0) is 18.2. The minimum absolute atomic E-state index is 0.164. The molecule has 1 heterocycles. The Morgan fingerprint density at radius 3 is 2.54 bits per heavy atom. The van der Waals surface area contributed by atoms with Gasteiger partial charge in [0.2, 0.25) is 5.88 Å². The van der Waals surface area contributed by atoms with Crippen molar-refractivity contribution in [2.75, 3.05) is 11.9 Å². The highest BCUT2D eigenvalue weighted by Gasteiger charge is 2.23. The second kappa shape index (κ2) is 9.08. The molecule has 1 fully saturated rings. The van der Waals surface area contributed by atoms with Crippen LogP contribution in [0.15, 0.2) is 48.7 Å². The molecular weight excluding hydrogens is 330 g/mol. The summed E-state index contributed by atoms with van der Waals surface area (Å²) in [5.74, 6) is 1.46. The first kappa shape index (κ1) is 18.0. The van der Waals surface area contributed by atoms with E-state index in [4.69, 9.17) is 9.47 Å². The molecule has 0 aliphatic heterocycles. The van der Waals surface area contributed by atoms with Crippen molar-refractivity contribution >= 4 is 11.7 Å². The Morgan fingerprint density at radius 1 is 1.12 bits per heavy atom. The van der Waals surface area contributed by atoms with Gasteiger partial charge in [-0.05, 0) is 62.9 Å². The van der Waals surface area contributed by atoms with E-state index in [1.807, 2.05) is 49.4 Å². The van der Waals surface area contributed by atoms with Crippen molar-refractivity contribution in [3.05, 3.63) is 48.7 Å². The van der Waals surface area contributed by atoms with E-state index in [-0.39, 0.29) is 18.2 Å². The lowest BCUT2D eigenvalue weighted by molar-refractivity contribution is 0.135. The SMILES string of the molecule is CCOc1ccc(NC(=O)NC2CCC(Oc3ccccn3)CC2)cc1. The minimum Gasteiger partial charge on any atom is -0.494 e. The van der Waals surface area contributed by atoms with Gasteiger partial charge in [0.25, 0.3) is 0 Å². The fourth-order valence-electron chi connectivity index (χ4n) is 3.07. The molecule has 0 atom stereocenters. The van der Waals surface area contributed by atoms with Gasteiger partial charge in [0.05, 0.1) is 6.61 Å². The predicted molar refractivity (Wildman–Crippen MR) is 101 cm³/mol. The highest BCUT2D eigenvalue weighted by molar-refractivity contribution is 5.89. The number of aromatic nitrogens is 1. The van der Waals surface area contributed by atoms with Crippen molar-refractivity contribution in [2.24, 2.45) is 0 Å². The second-order valence-corrected chi connectivity index (χ2v) is 6.32. The lowest BCUT2D eigenvalue weighted by atomic mass is 9.93. The van der Waals surface area contributed by atoms with Crippen molar-refractivity contribution < 1.29 is 14.3 Å². The summed E-state index contributed by atoms with van der Waals surface area (Å²) in [6, 6.07) is 13.0. The molecule has 1 aliphatic rings. The van der Waals surface area contributed by atoms with Gasteiger partial charge in [-0.2, -0.15) is 0 Å². The largest absolute Gasteiger partial charge is 0.494 e. The number of nitrogens with zero attached hydrogens (tertiary/aromatic N) is 1. The molecule has 2 amide bonds. The van der Waals surface area contributed by atoms with E-state index in [1.165, 1.54) is 0 Å². The van der Waals surface area contributed by atoms with Crippen LogP contribution in [0.2, 0.25) is 0 Å². The second-order valence-electron chi connectivity index (χ2n) is 6.32. The van der Waals surface area contributed by atoms with Crippen molar-refractivity contribution in [1.82, 2.24) is 10.3 Å². The average molecular weight is 355 g/mol. The highest BCUT2D eigenvalue weighted by Crippen LogP contribution is 2.23. The maximum absolute atomic E-state index is 12.2. The van der Waals surface area contributed by atoms with Gasteiger partial charge in [0.1, 0.15) is 11.9 Å². The number of carbonyl (C=O) groups is 1. The van der Waals surface area contributed by atoms with Crippen LogP contribution in [0.25, 0.3) is 0 Å². The number of hydrogen-bond acceptors (Lipinski definition) is 4. The van der Waals surface area contributed by atoms with E-state index < -0.39 is 0 Å². The van der Waals surface area contributed by atoms with E-state index in [0.29, 0.717) is 12.5 Å². The van der Waals surface area contributed by atoms with Crippen LogP contribution in [0.1, 0.15) is 32.6 Å². The molecule has 2 N–H and O–H groups in total. The number of benzene rings is 1. The molecule has 0 unspecified atom stereocenters. The molecule has 0 saturated heterocycles. The van der Waals surface area contributed by atoms with Gasteiger partial charge in [0, 0.05) is 24.0 Å². The summed E-state index contributed by atoms with van der Waals surface area (Å²) in [6.45, 7) is 2.57. The summed E-state index contributed by atoms with van der Waals surface area (Å²) in [6.07, 6.45) is 5.50. The fourth-order valence-corrected chi connectivity index (χ4v) is 3.07. The van der Waals surface area contributed by atoms with E-state index in [2.05, 4.69) is 15.6 Å². The van der Waals surface area contributed by atoms with Crippen LogP contribution in [0, 0.1) is 0 Å². The lowest BCUT2D eigenvalue weighted by Gasteiger charge is -2.29. The molecule has 3 rings (SSSR count). The van der Waals surface area contributed by atoms with Crippen LogP contribution < -0.4 is 20.1 Å². The number of nitrogens with one attached hydrogen (secondary N) is 2. The summed E-state index contributed by atoms with van der Waals surface area (Å²) in [7, 11) is 0. The Morgan fingerprint density at radius 2 is 1.88 bits per heavy atom. The molecule has 1 aromatic heterocycles. The number of urea groups is 1. The Hall–Kier alpha value is -2.76. The number of pyridine rings is 1. The zero-order valence-electron chi connectivity index (χ0n) is 15.0. The lowest BCUT2D eigenvalue weighted by Crippen LogP contribution is -2.41. The van der Waals surface area contributed by atoms with Crippen LogP contribution in [0.3, 0.4) is 0 Å². The van der Waals surface area contributed by atoms with Crippen LogP contribution in [0.5, 0.6) is 11.6 Å². The molecule has 0 radical (unpaired) electrons. The first-order valence-corrected chi connectivity index (χ1v) is 9.11. The van der Waals surface area contributed by atoms with Gasteiger partial charge in [-0.15, -0.1) is 0 Å². The Bertz CT molecular complexity index is 683.